The van der Waals surface area contributed by atoms with Gasteiger partial charge in [-0.3, -0.25) is 0 Å². The van der Waals surface area contributed by atoms with Crippen LogP contribution >= 0.6 is 15.9 Å². The first-order valence-electron chi connectivity index (χ1n) is 7.83. The lowest BCUT2D eigenvalue weighted by atomic mass is 9.52. The monoisotopic (exact) mass is 353 g/mol. The molecule has 2 rings (SSSR count). The second-order valence-electron chi connectivity index (χ2n) is 7.43. The summed E-state index contributed by atoms with van der Waals surface area (Å²) >= 11 is 3.54. The number of methoxy groups -OCH3 is 1. The smallest absolute Gasteiger partial charge is 0.0587 e. The Morgan fingerprint density at radius 2 is 1.86 bits per heavy atom. The van der Waals surface area contributed by atoms with Crippen molar-refractivity contribution in [2.45, 2.75) is 39.0 Å². The van der Waals surface area contributed by atoms with Gasteiger partial charge in [-0.1, -0.05) is 48.8 Å². The van der Waals surface area contributed by atoms with Crippen LogP contribution in [0.3, 0.4) is 0 Å². The highest BCUT2D eigenvalue weighted by atomic mass is 79.9. The van der Waals surface area contributed by atoms with Crippen LogP contribution in [0.4, 0.5) is 0 Å². The molecule has 0 atom stereocenters. The Labute approximate surface area is 137 Å². The summed E-state index contributed by atoms with van der Waals surface area (Å²) in [7, 11) is 1.76. The molecular weight excluding hydrogens is 326 g/mol. The fraction of sp³-hybridized carbons (Fsp3) is 0.667. The van der Waals surface area contributed by atoms with Crippen molar-refractivity contribution >= 4 is 15.9 Å². The van der Waals surface area contributed by atoms with Gasteiger partial charge in [-0.2, -0.15) is 0 Å². The largest absolute Gasteiger partial charge is 0.383 e. The molecule has 1 aliphatic carbocycles. The number of halogens is 1. The summed E-state index contributed by atoms with van der Waals surface area (Å²) in [4.78, 5) is 0. The molecule has 0 radical (unpaired) electrons. The van der Waals surface area contributed by atoms with E-state index in [2.05, 4.69) is 66.3 Å². The first-order valence-corrected chi connectivity index (χ1v) is 8.62. The molecule has 3 heteroatoms. The minimum absolute atomic E-state index is 0.298. The Balaban J connectivity index is 2.07. The van der Waals surface area contributed by atoms with E-state index in [1.807, 2.05) is 0 Å². The van der Waals surface area contributed by atoms with Crippen molar-refractivity contribution in [1.29, 1.82) is 0 Å². The molecule has 0 heterocycles. The Kier molecular flexibility index (Phi) is 5.50. The van der Waals surface area contributed by atoms with Crippen LogP contribution in [0.25, 0.3) is 0 Å². The summed E-state index contributed by atoms with van der Waals surface area (Å²) in [5.74, 6) is 0.811. The number of ether oxygens (including phenoxy) is 1. The molecule has 21 heavy (non-hydrogen) atoms. The van der Waals surface area contributed by atoms with Crippen molar-refractivity contribution < 1.29 is 4.74 Å². The van der Waals surface area contributed by atoms with Gasteiger partial charge in [0, 0.05) is 30.1 Å². The second kappa shape index (κ2) is 6.80. The van der Waals surface area contributed by atoms with Gasteiger partial charge in [0.25, 0.3) is 0 Å². The average Bonchev–Trinajstić information content (AvgIpc) is 2.37. The van der Waals surface area contributed by atoms with E-state index in [0.29, 0.717) is 10.8 Å². The summed E-state index contributed by atoms with van der Waals surface area (Å²) in [6.45, 7) is 9.84. The van der Waals surface area contributed by atoms with Gasteiger partial charge in [0.15, 0.2) is 0 Å². The van der Waals surface area contributed by atoms with Crippen LogP contribution < -0.4 is 5.32 Å². The van der Waals surface area contributed by atoms with Crippen LogP contribution in [0.1, 0.15) is 39.2 Å². The third-order valence-corrected chi connectivity index (χ3v) is 5.43. The molecule has 0 amide bonds. The van der Waals surface area contributed by atoms with E-state index in [1.165, 1.54) is 18.4 Å². The maximum atomic E-state index is 5.14. The Morgan fingerprint density at radius 3 is 2.38 bits per heavy atom. The standard InChI is InChI=1S/C18H28BrNO/c1-17(2,3)15-11-18(12-15,13-20-9-10-21-4)14-5-7-16(19)8-6-14/h5-8,15,20H,9-13H2,1-4H3. The number of hydrogen-bond acceptors (Lipinski definition) is 2. The number of hydrogen-bond donors (Lipinski definition) is 1. The van der Waals surface area contributed by atoms with Crippen molar-refractivity contribution in [3.8, 4) is 0 Å². The molecule has 0 unspecified atom stereocenters. The quantitative estimate of drug-likeness (QED) is 0.766. The van der Waals surface area contributed by atoms with Crippen molar-refractivity contribution in [1.82, 2.24) is 5.32 Å². The average molecular weight is 354 g/mol. The molecule has 1 saturated carbocycles. The lowest BCUT2D eigenvalue weighted by Crippen LogP contribution is -2.52. The molecule has 1 aromatic carbocycles. The van der Waals surface area contributed by atoms with E-state index < -0.39 is 0 Å². The van der Waals surface area contributed by atoms with Crippen molar-refractivity contribution in [3.05, 3.63) is 34.3 Å². The fourth-order valence-corrected chi connectivity index (χ4v) is 3.55. The Bertz CT molecular complexity index is 443. The summed E-state index contributed by atoms with van der Waals surface area (Å²) in [5, 5.41) is 3.58. The first kappa shape index (κ1) is 17.0. The number of benzene rings is 1. The molecule has 0 bridgehead atoms. The molecule has 1 aliphatic rings. The lowest BCUT2D eigenvalue weighted by Gasteiger charge is -2.53. The van der Waals surface area contributed by atoms with Gasteiger partial charge in [-0.15, -0.1) is 0 Å². The molecule has 0 aliphatic heterocycles. The van der Waals surface area contributed by atoms with Gasteiger partial charge in [0.1, 0.15) is 0 Å². The molecule has 0 aromatic heterocycles. The highest BCUT2D eigenvalue weighted by molar-refractivity contribution is 9.10. The van der Waals surface area contributed by atoms with Crippen molar-refractivity contribution in [3.63, 3.8) is 0 Å². The first-order chi connectivity index (χ1) is 9.87. The predicted molar refractivity (Wildman–Crippen MR) is 92.7 cm³/mol. The van der Waals surface area contributed by atoms with Gasteiger partial charge >= 0.3 is 0 Å². The Morgan fingerprint density at radius 1 is 1.24 bits per heavy atom. The fourth-order valence-electron chi connectivity index (χ4n) is 3.28. The van der Waals surface area contributed by atoms with Gasteiger partial charge in [0.2, 0.25) is 0 Å². The van der Waals surface area contributed by atoms with Crippen molar-refractivity contribution in [2.75, 3.05) is 26.8 Å². The molecule has 118 valence electrons. The van der Waals surface area contributed by atoms with Gasteiger partial charge < -0.3 is 10.1 Å². The third kappa shape index (κ3) is 4.08. The summed E-state index contributed by atoms with van der Waals surface area (Å²) < 4.78 is 6.29. The zero-order valence-electron chi connectivity index (χ0n) is 13.7. The van der Waals surface area contributed by atoms with Crippen LogP contribution in [0, 0.1) is 11.3 Å². The molecular formula is C18H28BrNO. The highest BCUT2D eigenvalue weighted by Crippen LogP contribution is 2.54. The molecule has 1 N–H and O–H groups in total. The van der Waals surface area contributed by atoms with E-state index in [1.54, 1.807) is 7.11 Å². The minimum atomic E-state index is 0.298. The predicted octanol–water partition coefficient (Wildman–Crippen LogP) is 4.38. The van der Waals surface area contributed by atoms with Gasteiger partial charge in [-0.25, -0.2) is 0 Å². The third-order valence-electron chi connectivity index (χ3n) is 4.90. The molecule has 0 saturated heterocycles. The normalized spacial score (nSPS) is 25.7. The van der Waals surface area contributed by atoms with E-state index in [9.17, 15) is 0 Å². The molecule has 0 spiro atoms. The zero-order chi connectivity index (χ0) is 15.5. The second-order valence-corrected chi connectivity index (χ2v) is 8.34. The maximum Gasteiger partial charge on any atom is 0.0587 e. The molecule has 1 aromatic rings. The van der Waals surface area contributed by atoms with Crippen LogP contribution in [0.2, 0.25) is 0 Å². The number of rotatable bonds is 6. The molecule has 1 fully saturated rings. The van der Waals surface area contributed by atoms with Crippen LogP contribution in [0.5, 0.6) is 0 Å². The topological polar surface area (TPSA) is 21.3 Å². The van der Waals surface area contributed by atoms with E-state index >= 15 is 0 Å². The Hall–Kier alpha value is -0.380. The highest BCUT2D eigenvalue weighted by Gasteiger charge is 2.48. The minimum Gasteiger partial charge on any atom is -0.383 e. The molecule has 2 nitrogen and oxygen atoms in total. The van der Waals surface area contributed by atoms with Crippen LogP contribution in [-0.2, 0) is 10.2 Å². The van der Waals surface area contributed by atoms with E-state index in [-0.39, 0.29) is 0 Å². The maximum absolute atomic E-state index is 5.14. The van der Waals surface area contributed by atoms with E-state index in [4.69, 9.17) is 4.74 Å². The summed E-state index contributed by atoms with van der Waals surface area (Å²) in [5.41, 5.74) is 2.17. The summed E-state index contributed by atoms with van der Waals surface area (Å²) in [6, 6.07) is 8.88. The van der Waals surface area contributed by atoms with E-state index in [0.717, 1.165) is 30.1 Å². The zero-order valence-corrected chi connectivity index (χ0v) is 15.3. The van der Waals surface area contributed by atoms with Crippen molar-refractivity contribution in [2.24, 2.45) is 11.3 Å². The lowest BCUT2D eigenvalue weighted by molar-refractivity contribution is 0.0438. The van der Waals surface area contributed by atoms with Crippen LogP contribution in [0.15, 0.2) is 28.7 Å². The summed E-state index contributed by atoms with van der Waals surface area (Å²) in [6.07, 6.45) is 2.55. The van der Waals surface area contributed by atoms with Crippen LogP contribution in [-0.4, -0.2) is 26.8 Å². The van der Waals surface area contributed by atoms with Gasteiger partial charge in [-0.05, 0) is 41.9 Å². The SMILES string of the molecule is COCCNCC1(c2ccc(Br)cc2)CC(C(C)(C)C)C1. The van der Waals surface area contributed by atoms with Gasteiger partial charge in [0.05, 0.1) is 6.61 Å². The number of nitrogens with one attached hydrogen (secondary N) is 1.